The maximum Gasteiger partial charge on any atom is 0.196 e. The van der Waals surface area contributed by atoms with E-state index in [0.29, 0.717) is 15.9 Å². The van der Waals surface area contributed by atoms with Gasteiger partial charge in [0.2, 0.25) is 0 Å². The third-order valence-corrected chi connectivity index (χ3v) is 5.58. The highest BCUT2D eigenvalue weighted by molar-refractivity contribution is 7.98. The topological polar surface area (TPSA) is 61.4 Å². The molecule has 0 atom stereocenters. The van der Waals surface area contributed by atoms with Crippen molar-refractivity contribution in [2.45, 2.75) is 10.9 Å². The Hall–Kier alpha value is -2.35. The molecule has 0 fully saturated rings. The van der Waals surface area contributed by atoms with Crippen LogP contribution in [0.4, 0.5) is 0 Å². The molecule has 0 spiro atoms. The molecule has 0 radical (unpaired) electrons. The molecule has 0 saturated carbocycles. The SMILES string of the molecule is Cn1cc(CSc2nnc(-c3cccnc3)n2-c2ccc(Cl)c(Cl)c2)cn1. The molecule has 3 heterocycles. The fourth-order valence-electron chi connectivity index (χ4n) is 2.60. The van der Waals surface area contributed by atoms with Crippen LogP contribution in [0.15, 0.2) is 60.3 Å². The van der Waals surface area contributed by atoms with Crippen LogP contribution in [-0.2, 0) is 12.8 Å². The molecule has 27 heavy (non-hydrogen) atoms. The highest BCUT2D eigenvalue weighted by Crippen LogP contribution is 2.32. The minimum absolute atomic E-state index is 0.475. The van der Waals surface area contributed by atoms with Gasteiger partial charge < -0.3 is 0 Å². The second-order valence-electron chi connectivity index (χ2n) is 5.79. The first-order valence-electron chi connectivity index (χ1n) is 8.03. The van der Waals surface area contributed by atoms with Crippen LogP contribution in [0.25, 0.3) is 17.1 Å². The van der Waals surface area contributed by atoms with E-state index in [4.69, 9.17) is 23.2 Å². The molecule has 4 rings (SSSR count). The van der Waals surface area contributed by atoms with Crippen LogP contribution >= 0.6 is 35.0 Å². The molecular formula is C18H14Cl2N6S. The molecule has 0 N–H and O–H groups in total. The van der Waals surface area contributed by atoms with Gasteiger partial charge in [-0.05, 0) is 30.3 Å². The lowest BCUT2D eigenvalue weighted by Gasteiger charge is -2.11. The van der Waals surface area contributed by atoms with Gasteiger partial charge >= 0.3 is 0 Å². The highest BCUT2D eigenvalue weighted by atomic mass is 35.5. The van der Waals surface area contributed by atoms with Crippen LogP contribution in [0.3, 0.4) is 0 Å². The van der Waals surface area contributed by atoms with E-state index in [9.17, 15) is 0 Å². The summed E-state index contributed by atoms with van der Waals surface area (Å²) < 4.78 is 3.74. The fraction of sp³-hybridized carbons (Fsp3) is 0.111. The molecular weight excluding hydrogens is 403 g/mol. The second kappa shape index (κ2) is 7.72. The summed E-state index contributed by atoms with van der Waals surface area (Å²) in [5, 5.41) is 14.7. The molecule has 0 amide bonds. The number of hydrogen-bond acceptors (Lipinski definition) is 5. The number of benzene rings is 1. The molecule has 3 aromatic heterocycles. The van der Waals surface area contributed by atoms with Gasteiger partial charge in [-0.15, -0.1) is 10.2 Å². The summed E-state index contributed by atoms with van der Waals surface area (Å²) in [5.74, 6) is 1.41. The van der Waals surface area contributed by atoms with E-state index in [1.165, 1.54) is 0 Å². The zero-order valence-corrected chi connectivity index (χ0v) is 16.6. The molecule has 0 aliphatic heterocycles. The van der Waals surface area contributed by atoms with Gasteiger partial charge in [-0.1, -0.05) is 35.0 Å². The summed E-state index contributed by atoms with van der Waals surface area (Å²) in [5.41, 5.74) is 2.81. The lowest BCUT2D eigenvalue weighted by molar-refractivity contribution is 0.767. The van der Waals surface area contributed by atoms with Gasteiger partial charge in [0.25, 0.3) is 0 Å². The molecule has 6 nitrogen and oxygen atoms in total. The van der Waals surface area contributed by atoms with Gasteiger partial charge in [0, 0.05) is 42.5 Å². The van der Waals surface area contributed by atoms with Gasteiger partial charge in [-0.2, -0.15) is 5.10 Å². The van der Waals surface area contributed by atoms with E-state index in [2.05, 4.69) is 20.3 Å². The van der Waals surface area contributed by atoms with Crippen LogP contribution in [0.5, 0.6) is 0 Å². The predicted octanol–water partition coefficient (Wildman–Crippen LogP) is 4.66. The maximum absolute atomic E-state index is 6.24. The molecule has 0 aliphatic carbocycles. The van der Waals surface area contributed by atoms with Crippen LogP contribution in [0.1, 0.15) is 5.56 Å². The average Bonchev–Trinajstić information content (AvgIpc) is 3.29. The van der Waals surface area contributed by atoms with Crippen LogP contribution in [0, 0.1) is 0 Å². The van der Waals surface area contributed by atoms with Crippen molar-refractivity contribution in [2.75, 3.05) is 0 Å². The molecule has 1 aromatic carbocycles. The van der Waals surface area contributed by atoms with Crippen molar-refractivity contribution in [3.8, 4) is 17.1 Å². The maximum atomic E-state index is 6.24. The first-order valence-corrected chi connectivity index (χ1v) is 9.77. The summed E-state index contributed by atoms with van der Waals surface area (Å²) in [6.45, 7) is 0. The quantitative estimate of drug-likeness (QED) is 0.442. The summed E-state index contributed by atoms with van der Waals surface area (Å²) in [4.78, 5) is 4.19. The Balaban J connectivity index is 1.76. The minimum Gasteiger partial charge on any atom is -0.276 e. The van der Waals surface area contributed by atoms with Crippen molar-refractivity contribution in [2.24, 2.45) is 7.05 Å². The van der Waals surface area contributed by atoms with Gasteiger partial charge in [0.05, 0.1) is 21.9 Å². The Morgan fingerprint density at radius 1 is 1.07 bits per heavy atom. The van der Waals surface area contributed by atoms with E-state index < -0.39 is 0 Å². The molecule has 9 heteroatoms. The Morgan fingerprint density at radius 2 is 1.96 bits per heavy atom. The van der Waals surface area contributed by atoms with Gasteiger partial charge in [-0.3, -0.25) is 14.2 Å². The number of hydrogen-bond donors (Lipinski definition) is 0. The van der Waals surface area contributed by atoms with Crippen molar-refractivity contribution in [3.63, 3.8) is 0 Å². The molecule has 4 aromatic rings. The lowest BCUT2D eigenvalue weighted by atomic mass is 10.2. The summed E-state index contributed by atoms with van der Waals surface area (Å²) >= 11 is 13.9. The molecule has 136 valence electrons. The average molecular weight is 417 g/mol. The zero-order valence-electron chi connectivity index (χ0n) is 14.3. The molecule has 0 aliphatic rings. The van der Waals surface area contributed by atoms with Crippen LogP contribution < -0.4 is 0 Å². The monoisotopic (exact) mass is 416 g/mol. The number of nitrogens with zero attached hydrogens (tertiary/aromatic N) is 6. The number of halogens is 2. The Morgan fingerprint density at radius 3 is 2.67 bits per heavy atom. The van der Waals surface area contributed by atoms with Crippen molar-refractivity contribution in [1.29, 1.82) is 0 Å². The van der Waals surface area contributed by atoms with Crippen molar-refractivity contribution < 1.29 is 0 Å². The standard InChI is InChI=1S/C18H14Cl2N6S/c1-25-10-12(8-22-25)11-27-18-24-23-17(13-3-2-6-21-9-13)26(18)14-4-5-15(19)16(20)7-14/h2-10H,11H2,1H3. The molecule has 0 saturated heterocycles. The molecule has 0 unspecified atom stereocenters. The third kappa shape index (κ3) is 3.85. The van der Waals surface area contributed by atoms with Gasteiger partial charge in [0.15, 0.2) is 11.0 Å². The van der Waals surface area contributed by atoms with E-state index in [1.54, 1.807) is 41.0 Å². The fourth-order valence-corrected chi connectivity index (χ4v) is 3.75. The first kappa shape index (κ1) is 18.0. The molecule has 0 bridgehead atoms. The second-order valence-corrected chi connectivity index (χ2v) is 7.55. The van der Waals surface area contributed by atoms with Crippen molar-refractivity contribution >= 4 is 35.0 Å². The van der Waals surface area contributed by atoms with E-state index in [-0.39, 0.29) is 0 Å². The highest BCUT2D eigenvalue weighted by Gasteiger charge is 2.17. The number of aryl methyl sites for hydroxylation is 1. The van der Waals surface area contributed by atoms with E-state index >= 15 is 0 Å². The third-order valence-electron chi connectivity index (χ3n) is 3.84. The van der Waals surface area contributed by atoms with Crippen LogP contribution in [0.2, 0.25) is 10.0 Å². The van der Waals surface area contributed by atoms with Crippen LogP contribution in [-0.4, -0.2) is 29.5 Å². The number of aromatic nitrogens is 6. The van der Waals surface area contributed by atoms with Gasteiger partial charge in [-0.25, -0.2) is 0 Å². The van der Waals surface area contributed by atoms with Crippen molar-refractivity contribution in [3.05, 3.63) is 70.7 Å². The first-order chi connectivity index (χ1) is 13.1. The normalized spacial score (nSPS) is 11.1. The zero-order chi connectivity index (χ0) is 18.8. The smallest absolute Gasteiger partial charge is 0.196 e. The Labute approximate surface area is 170 Å². The van der Waals surface area contributed by atoms with E-state index in [1.807, 2.05) is 42.2 Å². The summed E-state index contributed by atoms with van der Waals surface area (Å²) in [6, 6.07) is 9.28. The lowest BCUT2D eigenvalue weighted by Crippen LogP contribution is -2.00. The van der Waals surface area contributed by atoms with Gasteiger partial charge in [0.1, 0.15) is 0 Å². The Bertz CT molecular complexity index is 1080. The largest absolute Gasteiger partial charge is 0.276 e. The summed E-state index contributed by atoms with van der Waals surface area (Å²) in [6.07, 6.45) is 7.30. The predicted molar refractivity (Wildman–Crippen MR) is 107 cm³/mol. The number of rotatable bonds is 5. The Kier molecular flexibility index (Phi) is 5.15. The van der Waals surface area contributed by atoms with Crippen molar-refractivity contribution in [1.82, 2.24) is 29.5 Å². The summed E-state index contributed by atoms with van der Waals surface area (Å²) in [7, 11) is 1.90. The van der Waals surface area contributed by atoms with E-state index in [0.717, 1.165) is 27.7 Å². The number of thioether (sulfide) groups is 1. The minimum atomic E-state index is 0.475. The number of pyridine rings is 1.